The Balaban J connectivity index is 2.03. The van der Waals surface area contributed by atoms with Gasteiger partial charge in [0.2, 0.25) is 0 Å². The summed E-state index contributed by atoms with van der Waals surface area (Å²) in [4.78, 5) is 0. The molecule has 1 fully saturated rings. The number of rotatable bonds is 3. The lowest BCUT2D eigenvalue weighted by Crippen LogP contribution is -1.92. The first-order chi connectivity index (χ1) is 7.58. The topological polar surface area (TPSA) is 20.2 Å². The molecule has 86 valence electrons. The number of halogens is 2. The average molecular weight is 257 g/mol. The van der Waals surface area contributed by atoms with Gasteiger partial charge in [0.05, 0.1) is 16.1 Å². The molecule has 1 aromatic carbocycles. The molecule has 1 aromatic rings. The van der Waals surface area contributed by atoms with Gasteiger partial charge in [-0.05, 0) is 42.9 Å². The minimum atomic E-state index is -0.366. The average Bonchev–Trinajstić information content (AvgIpc) is 2.98. The summed E-state index contributed by atoms with van der Waals surface area (Å²) < 4.78 is 0. The summed E-state index contributed by atoms with van der Waals surface area (Å²) in [7, 11) is 0. The molecule has 3 heteroatoms. The molecule has 0 spiro atoms. The molecule has 1 nitrogen and oxygen atoms in total. The Hall–Kier alpha value is -0.500. The standard InChI is InChI=1S/C13H14Cl2O/c1-8(16)2-3-9-6-11(9)10-4-5-12(14)13(15)7-10/h2-5,7-9,11,16H,6H2,1H3/b3-2-/t8?,9-,11-/m1/s1. The van der Waals surface area contributed by atoms with Crippen LogP contribution in [-0.4, -0.2) is 11.2 Å². The second-order valence-electron chi connectivity index (χ2n) is 4.31. The van der Waals surface area contributed by atoms with Crippen LogP contribution in [0.1, 0.15) is 24.8 Å². The van der Waals surface area contributed by atoms with Crippen molar-refractivity contribution in [3.8, 4) is 0 Å². The second kappa shape index (κ2) is 4.79. The van der Waals surface area contributed by atoms with Gasteiger partial charge in [-0.25, -0.2) is 0 Å². The fourth-order valence-electron chi connectivity index (χ4n) is 1.86. The van der Waals surface area contributed by atoms with E-state index in [1.165, 1.54) is 5.56 Å². The Bertz CT molecular complexity index is 412. The van der Waals surface area contributed by atoms with E-state index in [0.29, 0.717) is 21.9 Å². The summed E-state index contributed by atoms with van der Waals surface area (Å²) in [6.07, 6.45) is 4.68. The van der Waals surface area contributed by atoms with Crippen molar-refractivity contribution in [2.75, 3.05) is 0 Å². The molecule has 1 aliphatic rings. The Labute approximate surface area is 106 Å². The quantitative estimate of drug-likeness (QED) is 0.810. The van der Waals surface area contributed by atoms with Crippen LogP contribution in [0.25, 0.3) is 0 Å². The number of allylic oxidation sites excluding steroid dienone is 1. The van der Waals surface area contributed by atoms with E-state index in [2.05, 4.69) is 6.08 Å². The summed E-state index contributed by atoms with van der Waals surface area (Å²) in [6.45, 7) is 1.76. The largest absolute Gasteiger partial charge is 0.389 e. The molecule has 0 saturated heterocycles. The maximum absolute atomic E-state index is 9.14. The first-order valence-corrected chi connectivity index (χ1v) is 6.15. The molecule has 0 aliphatic heterocycles. The van der Waals surface area contributed by atoms with Crippen LogP contribution in [0, 0.1) is 5.92 Å². The zero-order valence-corrected chi connectivity index (χ0v) is 10.5. The maximum atomic E-state index is 9.14. The third-order valence-corrected chi connectivity index (χ3v) is 3.59. The molecule has 1 N–H and O–H groups in total. The fourth-order valence-corrected chi connectivity index (χ4v) is 2.16. The number of hydrogen-bond donors (Lipinski definition) is 1. The van der Waals surface area contributed by atoms with Gasteiger partial charge in [0.15, 0.2) is 0 Å². The molecule has 0 heterocycles. The Morgan fingerprint density at radius 1 is 1.38 bits per heavy atom. The van der Waals surface area contributed by atoms with Crippen molar-refractivity contribution in [1.29, 1.82) is 0 Å². The number of aliphatic hydroxyl groups excluding tert-OH is 1. The van der Waals surface area contributed by atoms with E-state index in [1.807, 2.05) is 24.3 Å². The third kappa shape index (κ3) is 2.79. The molecule has 2 rings (SSSR count). The van der Waals surface area contributed by atoms with Gasteiger partial charge in [0, 0.05) is 0 Å². The fraction of sp³-hybridized carbons (Fsp3) is 0.385. The maximum Gasteiger partial charge on any atom is 0.0692 e. The van der Waals surface area contributed by atoms with E-state index in [0.717, 1.165) is 6.42 Å². The van der Waals surface area contributed by atoms with Crippen molar-refractivity contribution < 1.29 is 5.11 Å². The summed E-state index contributed by atoms with van der Waals surface area (Å²) in [5.74, 6) is 1.07. The predicted molar refractivity (Wildman–Crippen MR) is 68.1 cm³/mol. The third-order valence-electron chi connectivity index (χ3n) is 2.85. The van der Waals surface area contributed by atoms with Gasteiger partial charge in [-0.15, -0.1) is 0 Å². The zero-order chi connectivity index (χ0) is 11.7. The van der Waals surface area contributed by atoms with Gasteiger partial charge >= 0.3 is 0 Å². The van der Waals surface area contributed by atoms with E-state index in [-0.39, 0.29) is 6.10 Å². The van der Waals surface area contributed by atoms with Crippen molar-refractivity contribution in [2.45, 2.75) is 25.4 Å². The Morgan fingerprint density at radius 3 is 2.75 bits per heavy atom. The van der Waals surface area contributed by atoms with Gasteiger partial charge in [-0.2, -0.15) is 0 Å². The molecular weight excluding hydrogens is 243 g/mol. The van der Waals surface area contributed by atoms with Crippen LogP contribution >= 0.6 is 23.2 Å². The lowest BCUT2D eigenvalue weighted by Gasteiger charge is -2.01. The van der Waals surface area contributed by atoms with Crippen molar-refractivity contribution in [3.05, 3.63) is 46.0 Å². The number of benzene rings is 1. The molecule has 0 bridgehead atoms. The van der Waals surface area contributed by atoms with E-state index in [9.17, 15) is 0 Å². The zero-order valence-electron chi connectivity index (χ0n) is 9.03. The van der Waals surface area contributed by atoms with Crippen LogP contribution in [0.15, 0.2) is 30.4 Å². The molecule has 0 aromatic heterocycles. The predicted octanol–water partition coefficient (Wildman–Crippen LogP) is 4.03. The molecule has 16 heavy (non-hydrogen) atoms. The molecule has 0 amide bonds. The lowest BCUT2D eigenvalue weighted by atomic mass is 10.1. The highest BCUT2D eigenvalue weighted by atomic mass is 35.5. The Kier molecular flexibility index (Phi) is 3.58. The molecule has 1 unspecified atom stereocenters. The highest BCUT2D eigenvalue weighted by molar-refractivity contribution is 6.42. The number of aliphatic hydroxyl groups is 1. The molecule has 0 radical (unpaired) electrons. The second-order valence-corrected chi connectivity index (χ2v) is 5.12. The molecule has 1 saturated carbocycles. The van der Waals surface area contributed by atoms with Crippen LogP contribution in [0.5, 0.6) is 0 Å². The van der Waals surface area contributed by atoms with Crippen molar-refractivity contribution in [1.82, 2.24) is 0 Å². The lowest BCUT2D eigenvalue weighted by molar-refractivity contribution is 0.243. The first-order valence-electron chi connectivity index (χ1n) is 5.39. The summed E-state index contributed by atoms with van der Waals surface area (Å²) in [5.41, 5.74) is 1.23. The number of hydrogen-bond acceptors (Lipinski definition) is 1. The van der Waals surface area contributed by atoms with Gasteiger partial charge < -0.3 is 5.11 Å². The highest BCUT2D eigenvalue weighted by Crippen LogP contribution is 2.49. The van der Waals surface area contributed by atoms with E-state index < -0.39 is 0 Å². The van der Waals surface area contributed by atoms with Crippen molar-refractivity contribution >= 4 is 23.2 Å². The van der Waals surface area contributed by atoms with Crippen LogP contribution < -0.4 is 0 Å². The smallest absolute Gasteiger partial charge is 0.0692 e. The minimum Gasteiger partial charge on any atom is -0.389 e. The summed E-state index contributed by atoms with van der Waals surface area (Å²) in [6, 6.07) is 5.80. The Morgan fingerprint density at radius 2 is 2.12 bits per heavy atom. The minimum absolute atomic E-state index is 0.366. The van der Waals surface area contributed by atoms with Gasteiger partial charge in [-0.3, -0.25) is 0 Å². The summed E-state index contributed by atoms with van der Waals surface area (Å²) in [5, 5.41) is 10.4. The van der Waals surface area contributed by atoms with Crippen molar-refractivity contribution in [3.63, 3.8) is 0 Å². The van der Waals surface area contributed by atoms with Crippen LogP contribution in [0.3, 0.4) is 0 Å². The van der Waals surface area contributed by atoms with E-state index in [1.54, 1.807) is 6.92 Å². The highest BCUT2D eigenvalue weighted by Gasteiger charge is 2.36. The van der Waals surface area contributed by atoms with Gasteiger partial charge in [0.25, 0.3) is 0 Å². The molecular formula is C13H14Cl2O. The normalized spacial score (nSPS) is 26.0. The van der Waals surface area contributed by atoms with E-state index >= 15 is 0 Å². The van der Waals surface area contributed by atoms with Crippen LogP contribution in [-0.2, 0) is 0 Å². The monoisotopic (exact) mass is 256 g/mol. The summed E-state index contributed by atoms with van der Waals surface area (Å²) >= 11 is 11.8. The van der Waals surface area contributed by atoms with Crippen LogP contribution in [0.2, 0.25) is 10.0 Å². The van der Waals surface area contributed by atoms with Gasteiger partial charge in [-0.1, -0.05) is 41.4 Å². The van der Waals surface area contributed by atoms with E-state index in [4.69, 9.17) is 28.3 Å². The van der Waals surface area contributed by atoms with Gasteiger partial charge in [0.1, 0.15) is 0 Å². The van der Waals surface area contributed by atoms with Crippen molar-refractivity contribution in [2.24, 2.45) is 5.92 Å². The van der Waals surface area contributed by atoms with Crippen LogP contribution in [0.4, 0.5) is 0 Å². The SMILES string of the molecule is CC(O)/C=C\[C@@H]1C[C@H]1c1ccc(Cl)c(Cl)c1. The molecule has 1 aliphatic carbocycles. The first kappa shape index (κ1) is 12.0. The molecule has 3 atom stereocenters.